The van der Waals surface area contributed by atoms with Gasteiger partial charge in [0.1, 0.15) is 16.4 Å². The van der Waals surface area contributed by atoms with Crippen LogP contribution in [-0.2, 0) is 19.4 Å². The van der Waals surface area contributed by atoms with Crippen molar-refractivity contribution in [2.75, 3.05) is 31.2 Å². The molecule has 0 aliphatic carbocycles. The van der Waals surface area contributed by atoms with Gasteiger partial charge in [0, 0.05) is 19.1 Å². The summed E-state index contributed by atoms with van der Waals surface area (Å²) in [5, 5.41) is 8.56. The quantitative estimate of drug-likeness (QED) is 0.762. The second-order valence-electron chi connectivity index (χ2n) is 5.42. The van der Waals surface area contributed by atoms with E-state index in [-0.39, 0.29) is 18.1 Å². The van der Waals surface area contributed by atoms with Gasteiger partial charge >= 0.3 is 5.97 Å². The molecule has 2 saturated heterocycles. The monoisotopic (exact) mass is 277 g/mol. The Labute approximate surface area is 107 Å². The molecule has 2 fully saturated rings. The van der Waals surface area contributed by atoms with Crippen LogP contribution in [0.15, 0.2) is 0 Å². The van der Waals surface area contributed by atoms with Gasteiger partial charge in [0.05, 0.1) is 17.1 Å². The van der Waals surface area contributed by atoms with Gasteiger partial charge in [-0.05, 0) is 19.8 Å². The first-order valence-corrected chi connectivity index (χ1v) is 7.92. The van der Waals surface area contributed by atoms with Gasteiger partial charge in [0.15, 0.2) is 0 Å². The molecule has 2 rings (SSSR count). The van der Waals surface area contributed by atoms with E-state index < -0.39 is 21.4 Å². The Hall–Kier alpha value is -0.660. The topological polar surface area (TPSA) is 83.9 Å². The zero-order valence-corrected chi connectivity index (χ0v) is 11.3. The summed E-state index contributed by atoms with van der Waals surface area (Å²) < 4.78 is 28.0. The smallest absolute Gasteiger partial charge is 0.329 e. The lowest BCUT2D eigenvalue weighted by atomic mass is 9.92. The van der Waals surface area contributed by atoms with Crippen molar-refractivity contribution < 1.29 is 23.1 Å². The Kier molecular flexibility index (Phi) is 3.66. The van der Waals surface area contributed by atoms with Crippen molar-refractivity contribution in [1.82, 2.24) is 4.90 Å². The molecule has 2 aliphatic rings. The molecule has 0 aromatic rings. The first kappa shape index (κ1) is 13.8. The zero-order chi connectivity index (χ0) is 13.4. The van der Waals surface area contributed by atoms with Crippen LogP contribution in [0, 0.1) is 0 Å². The predicted molar refractivity (Wildman–Crippen MR) is 65.2 cm³/mol. The number of ether oxygens (including phenoxy) is 1. The van der Waals surface area contributed by atoms with Gasteiger partial charge in [-0.2, -0.15) is 0 Å². The fourth-order valence-corrected chi connectivity index (χ4v) is 4.11. The number of carboxylic acids is 1. The van der Waals surface area contributed by atoms with Crippen LogP contribution < -0.4 is 0 Å². The average molecular weight is 277 g/mol. The Morgan fingerprint density at radius 1 is 1.39 bits per heavy atom. The van der Waals surface area contributed by atoms with Gasteiger partial charge < -0.3 is 9.84 Å². The molecular weight excluding hydrogens is 258 g/mol. The number of likely N-dealkylation sites (tertiary alicyclic amines) is 1. The SMILES string of the molecule is CC1(OCC(=O)O)CN(C2CCS(=O)(=O)CC2)C1. The fraction of sp³-hybridized carbons (Fsp3) is 0.909. The minimum atomic E-state index is -2.82. The molecule has 0 aromatic heterocycles. The molecule has 0 aromatic carbocycles. The molecule has 7 heteroatoms. The molecule has 2 heterocycles. The highest BCUT2D eigenvalue weighted by atomic mass is 32.2. The van der Waals surface area contributed by atoms with E-state index in [0.717, 1.165) is 0 Å². The minimum absolute atomic E-state index is 0.265. The van der Waals surface area contributed by atoms with Gasteiger partial charge in [-0.15, -0.1) is 0 Å². The Morgan fingerprint density at radius 3 is 2.44 bits per heavy atom. The summed E-state index contributed by atoms with van der Waals surface area (Å²) in [7, 11) is -2.82. The van der Waals surface area contributed by atoms with E-state index in [4.69, 9.17) is 9.84 Å². The third-order valence-electron chi connectivity index (χ3n) is 3.66. The molecule has 0 atom stereocenters. The maximum atomic E-state index is 11.3. The molecule has 104 valence electrons. The van der Waals surface area contributed by atoms with E-state index >= 15 is 0 Å². The van der Waals surface area contributed by atoms with Crippen molar-refractivity contribution in [3.8, 4) is 0 Å². The van der Waals surface area contributed by atoms with Crippen molar-refractivity contribution in [3.05, 3.63) is 0 Å². The van der Waals surface area contributed by atoms with E-state index in [2.05, 4.69) is 4.90 Å². The number of rotatable bonds is 4. The Morgan fingerprint density at radius 2 is 1.94 bits per heavy atom. The van der Waals surface area contributed by atoms with Gasteiger partial charge in [0.2, 0.25) is 0 Å². The highest BCUT2D eigenvalue weighted by Crippen LogP contribution is 2.30. The van der Waals surface area contributed by atoms with Crippen molar-refractivity contribution in [2.45, 2.75) is 31.4 Å². The molecule has 0 amide bonds. The van der Waals surface area contributed by atoms with Gasteiger partial charge in [-0.1, -0.05) is 0 Å². The van der Waals surface area contributed by atoms with Gasteiger partial charge in [0.25, 0.3) is 0 Å². The number of carbonyl (C=O) groups is 1. The second-order valence-corrected chi connectivity index (χ2v) is 7.72. The van der Waals surface area contributed by atoms with E-state index in [0.29, 0.717) is 32.0 Å². The molecule has 0 unspecified atom stereocenters. The van der Waals surface area contributed by atoms with Crippen LogP contribution in [0.1, 0.15) is 19.8 Å². The highest BCUT2D eigenvalue weighted by molar-refractivity contribution is 7.91. The maximum Gasteiger partial charge on any atom is 0.329 e. The zero-order valence-electron chi connectivity index (χ0n) is 10.5. The van der Waals surface area contributed by atoms with Crippen molar-refractivity contribution in [2.24, 2.45) is 0 Å². The highest BCUT2D eigenvalue weighted by Gasteiger charge is 2.44. The third kappa shape index (κ3) is 3.21. The second kappa shape index (κ2) is 4.79. The fourth-order valence-electron chi connectivity index (χ4n) is 2.64. The van der Waals surface area contributed by atoms with E-state index in [1.165, 1.54) is 0 Å². The number of sulfone groups is 1. The van der Waals surface area contributed by atoms with Crippen LogP contribution in [0.5, 0.6) is 0 Å². The molecule has 0 radical (unpaired) electrons. The van der Waals surface area contributed by atoms with Crippen molar-refractivity contribution >= 4 is 15.8 Å². The molecule has 1 N–H and O–H groups in total. The molecular formula is C11H19NO5S. The molecule has 0 saturated carbocycles. The Bertz CT molecular complexity index is 413. The lowest BCUT2D eigenvalue weighted by Gasteiger charge is -2.51. The lowest BCUT2D eigenvalue weighted by molar-refractivity contribution is -0.169. The summed E-state index contributed by atoms with van der Waals surface area (Å²) in [4.78, 5) is 12.6. The summed E-state index contributed by atoms with van der Waals surface area (Å²) in [6, 6.07) is 0.301. The normalized spacial score (nSPS) is 27.6. The standard InChI is InChI=1S/C11H19NO5S/c1-11(17-6-10(13)14)7-12(8-11)9-2-4-18(15,16)5-3-9/h9H,2-8H2,1H3,(H,13,14). The van der Waals surface area contributed by atoms with Gasteiger partial charge in [-0.25, -0.2) is 13.2 Å². The van der Waals surface area contributed by atoms with Crippen LogP contribution in [0.25, 0.3) is 0 Å². The molecule has 18 heavy (non-hydrogen) atoms. The average Bonchev–Trinajstić information content (AvgIpc) is 2.23. The molecule has 2 aliphatic heterocycles. The maximum absolute atomic E-state index is 11.3. The van der Waals surface area contributed by atoms with Crippen LogP contribution in [0.4, 0.5) is 0 Å². The first-order valence-electron chi connectivity index (χ1n) is 6.10. The lowest BCUT2D eigenvalue weighted by Crippen LogP contribution is -2.65. The van der Waals surface area contributed by atoms with E-state index in [1.807, 2.05) is 6.92 Å². The van der Waals surface area contributed by atoms with Crippen LogP contribution in [-0.4, -0.2) is 67.2 Å². The minimum Gasteiger partial charge on any atom is -0.480 e. The summed E-state index contributed by atoms with van der Waals surface area (Å²) in [5.74, 6) is -0.430. The van der Waals surface area contributed by atoms with Crippen LogP contribution in [0.2, 0.25) is 0 Å². The number of carboxylic acid groups (broad SMARTS) is 1. The largest absolute Gasteiger partial charge is 0.480 e. The number of aliphatic carboxylic acids is 1. The molecule has 0 spiro atoms. The predicted octanol–water partition coefficient (Wildman–Crippen LogP) is -0.261. The molecule has 0 bridgehead atoms. The van der Waals surface area contributed by atoms with Crippen LogP contribution >= 0.6 is 0 Å². The summed E-state index contributed by atoms with van der Waals surface area (Å²) in [5.41, 5.74) is -0.394. The Balaban J connectivity index is 1.77. The summed E-state index contributed by atoms with van der Waals surface area (Å²) >= 11 is 0. The van der Waals surface area contributed by atoms with Crippen LogP contribution in [0.3, 0.4) is 0 Å². The first-order chi connectivity index (χ1) is 8.30. The third-order valence-corrected chi connectivity index (χ3v) is 5.38. The number of nitrogens with zero attached hydrogens (tertiary/aromatic N) is 1. The van der Waals surface area contributed by atoms with Gasteiger partial charge in [-0.3, -0.25) is 4.90 Å². The van der Waals surface area contributed by atoms with Crippen molar-refractivity contribution in [1.29, 1.82) is 0 Å². The van der Waals surface area contributed by atoms with E-state index in [9.17, 15) is 13.2 Å². The summed E-state index contributed by atoms with van der Waals surface area (Å²) in [6.07, 6.45) is 1.36. The van der Waals surface area contributed by atoms with Crippen molar-refractivity contribution in [3.63, 3.8) is 0 Å². The molecule has 6 nitrogen and oxygen atoms in total. The summed E-state index contributed by atoms with van der Waals surface area (Å²) in [6.45, 7) is 2.99. The number of hydrogen-bond acceptors (Lipinski definition) is 5. The van der Waals surface area contributed by atoms with E-state index in [1.54, 1.807) is 0 Å². The number of hydrogen-bond donors (Lipinski definition) is 1.